The number of H-pyrrole nitrogens is 1. The number of benzene rings is 1. The van der Waals surface area contributed by atoms with Crippen molar-refractivity contribution in [1.29, 1.82) is 0 Å². The number of nitrogens with one attached hydrogen (secondary N) is 2. The third kappa shape index (κ3) is 2.62. The second-order valence-electron chi connectivity index (χ2n) is 4.25. The van der Waals surface area contributed by atoms with Crippen molar-refractivity contribution in [3.63, 3.8) is 0 Å². The molecule has 0 bridgehead atoms. The van der Waals surface area contributed by atoms with E-state index in [1.54, 1.807) is 11.4 Å². The van der Waals surface area contributed by atoms with Crippen LogP contribution in [0.15, 0.2) is 28.4 Å². The average Bonchev–Trinajstić information content (AvgIpc) is 2.90. The first-order valence-electron chi connectivity index (χ1n) is 5.89. The lowest BCUT2D eigenvalue weighted by Gasteiger charge is -2.07. The van der Waals surface area contributed by atoms with Gasteiger partial charge in [0.2, 0.25) is 0 Å². The summed E-state index contributed by atoms with van der Waals surface area (Å²) in [5.74, 6) is -3.07. The van der Waals surface area contributed by atoms with E-state index in [9.17, 15) is 18.0 Å². The molecule has 0 radical (unpaired) electrons. The molecule has 108 valence electrons. The number of hydrogen-bond donors (Lipinski definition) is 2. The van der Waals surface area contributed by atoms with E-state index in [0.29, 0.717) is 22.3 Å². The maximum atomic E-state index is 13.5. The summed E-state index contributed by atoms with van der Waals surface area (Å²) in [6.07, 6.45) is 0. The quantitative estimate of drug-likeness (QED) is 0.731. The van der Waals surface area contributed by atoms with Crippen LogP contribution in [0.3, 0.4) is 0 Å². The fraction of sp³-hybridized carbons (Fsp3) is 0.0769. The normalized spacial score (nSPS) is 11.0. The van der Waals surface area contributed by atoms with E-state index in [1.165, 1.54) is 11.3 Å². The van der Waals surface area contributed by atoms with Gasteiger partial charge in [0, 0.05) is 12.1 Å². The van der Waals surface area contributed by atoms with E-state index in [0.717, 1.165) is 0 Å². The van der Waals surface area contributed by atoms with Crippen LogP contribution in [-0.2, 0) is 6.54 Å². The third-order valence-corrected chi connectivity index (χ3v) is 3.72. The molecule has 4 nitrogen and oxygen atoms in total. The molecule has 2 heterocycles. The summed E-state index contributed by atoms with van der Waals surface area (Å²) in [7, 11) is 0. The number of rotatable bonds is 3. The lowest BCUT2D eigenvalue weighted by molar-refractivity contribution is 0.496. The first-order chi connectivity index (χ1) is 10.0. The number of aromatic amines is 1. The van der Waals surface area contributed by atoms with Crippen LogP contribution in [0, 0.1) is 17.5 Å². The second-order valence-corrected chi connectivity index (χ2v) is 5.16. The molecule has 0 saturated heterocycles. The van der Waals surface area contributed by atoms with Crippen LogP contribution in [0.25, 0.3) is 10.2 Å². The molecule has 3 aromatic rings. The van der Waals surface area contributed by atoms with Crippen molar-refractivity contribution in [2.24, 2.45) is 0 Å². The lowest BCUT2D eigenvalue weighted by Crippen LogP contribution is -2.13. The van der Waals surface area contributed by atoms with Gasteiger partial charge in [0.25, 0.3) is 5.56 Å². The number of hydrogen-bond acceptors (Lipinski definition) is 4. The van der Waals surface area contributed by atoms with Gasteiger partial charge in [-0.3, -0.25) is 4.79 Å². The Hall–Kier alpha value is -2.35. The summed E-state index contributed by atoms with van der Waals surface area (Å²) in [5, 5.41) is 4.31. The maximum absolute atomic E-state index is 13.5. The summed E-state index contributed by atoms with van der Waals surface area (Å²) in [5.41, 5.74) is 0.0332. The first-order valence-corrected chi connectivity index (χ1v) is 6.77. The highest BCUT2D eigenvalue weighted by atomic mass is 32.1. The molecule has 8 heteroatoms. The van der Waals surface area contributed by atoms with Crippen molar-refractivity contribution in [2.45, 2.75) is 6.54 Å². The minimum Gasteiger partial charge on any atom is -0.375 e. The fourth-order valence-corrected chi connectivity index (χ4v) is 2.57. The summed E-state index contributed by atoms with van der Waals surface area (Å²) in [4.78, 5) is 18.5. The van der Waals surface area contributed by atoms with E-state index in [-0.39, 0.29) is 23.6 Å². The van der Waals surface area contributed by atoms with Crippen LogP contribution >= 0.6 is 11.3 Å². The summed E-state index contributed by atoms with van der Waals surface area (Å²) in [6.45, 7) is -0.0248. The molecule has 2 N–H and O–H groups in total. The van der Waals surface area contributed by atoms with Crippen molar-refractivity contribution in [3.05, 3.63) is 57.2 Å². The molecular formula is C13H8F3N3OS. The zero-order valence-corrected chi connectivity index (χ0v) is 11.2. The largest absolute Gasteiger partial charge is 0.375 e. The van der Waals surface area contributed by atoms with Gasteiger partial charge >= 0.3 is 0 Å². The van der Waals surface area contributed by atoms with Crippen LogP contribution in [0.1, 0.15) is 5.82 Å². The highest BCUT2D eigenvalue weighted by Crippen LogP contribution is 2.19. The highest BCUT2D eigenvalue weighted by molar-refractivity contribution is 7.17. The molecule has 21 heavy (non-hydrogen) atoms. The SMILES string of the molecule is O=c1[nH]c(CNc2cc(F)c(F)cc2F)nc2ccsc12. The smallest absolute Gasteiger partial charge is 0.268 e. The molecule has 0 fully saturated rings. The van der Waals surface area contributed by atoms with E-state index < -0.39 is 17.5 Å². The van der Waals surface area contributed by atoms with Crippen molar-refractivity contribution in [1.82, 2.24) is 9.97 Å². The fourth-order valence-electron chi connectivity index (χ4n) is 1.84. The van der Waals surface area contributed by atoms with Crippen molar-refractivity contribution in [3.8, 4) is 0 Å². The molecule has 0 aliphatic heterocycles. The molecule has 0 aliphatic rings. The average molecular weight is 311 g/mol. The number of nitrogens with zero attached hydrogens (tertiary/aromatic N) is 1. The predicted octanol–water partition coefficient (Wildman–Crippen LogP) is 3.01. The summed E-state index contributed by atoms with van der Waals surface area (Å²) in [6, 6.07) is 2.86. The molecule has 0 aliphatic carbocycles. The van der Waals surface area contributed by atoms with Crippen molar-refractivity contribution >= 4 is 27.2 Å². The maximum Gasteiger partial charge on any atom is 0.268 e. The molecular weight excluding hydrogens is 303 g/mol. The topological polar surface area (TPSA) is 57.8 Å². The third-order valence-electron chi connectivity index (χ3n) is 2.82. The zero-order chi connectivity index (χ0) is 15.0. The van der Waals surface area contributed by atoms with E-state index >= 15 is 0 Å². The van der Waals surface area contributed by atoms with Gasteiger partial charge in [0.05, 0.1) is 17.7 Å². The Morgan fingerprint density at radius 1 is 1.19 bits per heavy atom. The van der Waals surface area contributed by atoms with Gasteiger partial charge in [-0.2, -0.15) is 0 Å². The van der Waals surface area contributed by atoms with Gasteiger partial charge in [0.15, 0.2) is 11.6 Å². The molecule has 3 rings (SSSR count). The standard InChI is InChI=1S/C13H8F3N3OS/c14-6-3-8(16)10(4-7(6)15)17-5-11-18-9-1-2-21-12(9)13(20)19-11/h1-4,17H,5H2,(H,18,19,20). The minimum atomic E-state index is -1.26. The van der Waals surface area contributed by atoms with Crippen LogP contribution in [0.4, 0.5) is 18.9 Å². The Labute approximate surface area is 120 Å². The van der Waals surface area contributed by atoms with Gasteiger partial charge < -0.3 is 10.3 Å². The Bertz CT molecular complexity index is 875. The van der Waals surface area contributed by atoms with Crippen LogP contribution in [0.2, 0.25) is 0 Å². The van der Waals surface area contributed by atoms with Gasteiger partial charge in [-0.25, -0.2) is 18.2 Å². The lowest BCUT2D eigenvalue weighted by atomic mass is 10.3. The molecule has 0 saturated carbocycles. The number of halogens is 3. The Kier molecular flexibility index (Phi) is 3.38. The van der Waals surface area contributed by atoms with E-state index in [4.69, 9.17) is 0 Å². The van der Waals surface area contributed by atoms with Crippen molar-refractivity contribution < 1.29 is 13.2 Å². The zero-order valence-electron chi connectivity index (χ0n) is 10.4. The summed E-state index contributed by atoms with van der Waals surface area (Å²) >= 11 is 1.27. The summed E-state index contributed by atoms with van der Waals surface area (Å²) < 4.78 is 39.8. The molecule has 2 aromatic heterocycles. The van der Waals surface area contributed by atoms with Gasteiger partial charge in [-0.05, 0) is 11.4 Å². The molecule has 0 atom stereocenters. The number of aromatic nitrogens is 2. The highest BCUT2D eigenvalue weighted by Gasteiger charge is 2.10. The van der Waals surface area contributed by atoms with Gasteiger partial charge in [-0.1, -0.05) is 0 Å². The predicted molar refractivity (Wildman–Crippen MR) is 73.9 cm³/mol. The van der Waals surface area contributed by atoms with Gasteiger partial charge in [0.1, 0.15) is 16.3 Å². The second kappa shape index (κ2) is 5.21. The number of anilines is 1. The molecule has 0 amide bonds. The minimum absolute atomic E-state index is 0.0248. The van der Waals surface area contributed by atoms with Crippen LogP contribution < -0.4 is 10.9 Å². The number of thiophene rings is 1. The number of fused-ring (bicyclic) bond motifs is 1. The van der Waals surface area contributed by atoms with E-state index in [1.807, 2.05) is 0 Å². The molecule has 0 spiro atoms. The van der Waals surface area contributed by atoms with Crippen LogP contribution in [-0.4, -0.2) is 9.97 Å². The molecule has 0 unspecified atom stereocenters. The first kappa shape index (κ1) is 13.6. The monoisotopic (exact) mass is 311 g/mol. The van der Waals surface area contributed by atoms with Crippen LogP contribution in [0.5, 0.6) is 0 Å². The van der Waals surface area contributed by atoms with E-state index in [2.05, 4.69) is 15.3 Å². The Balaban J connectivity index is 1.86. The van der Waals surface area contributed by atoms with Gasteiger partial charge in [-0.15, -0.1) is 11.3 Å². The molecule has 1 aromatic carbocycles. The van der Waals surface area contributed by atoms with Crippen molar-refractivity contribution in [2.75, 3.05) is 5.32 Å². The Morgan fingerprint density at radius 3 is 2.76 bits per heavy atom. The Morgan fingerprint density at radius 2 is 1.95 bits per heavy atom.